The van der Waals surface area contributed by atoms with Crippen LogP contribution in [0.2, 0.25) is 0 Å². The molecule has 2 heterocycles. The summed E-state index contributed by atoms with van der Waals surface area (Å²) < 4.78 is 37.9. The summed E-state index contributed by atoms with van der Waals surface area (Å²) in [6, 6.07) is 12.5. The fourth-order valence-corrected chi connectivity index (χ4v) is 4.97. The van der Waals surface area contributed by atoms with E-state index < -0.39 is 17.8 Å². The molecule has 186 valence electrons. The number of alkyl halides is 2. The molecule has 1 unspecified atom stereocenters. The fraction of sp³-hybridized carbons (Fsp3) is 0.444. The van der Waals surface area contributed by atoms with E-state index in [2.05, 4.69) is 36.3 Å². The number of carbonyl (C=O) groups excluding carboxylic acids is 1. The highest BCUT2D eigenvalue weighted by molar-refractivity contribution is 5.95. The van der Waals surface area contributed by atoms with Crippen molar-refractivity contribution < 1.29 is 33.3 Å². The van der Waals surface area contributed by atoms with Crippen LogP contribution < -0.4 is 9.47 Å². The number of aliphatic hydroxyl groups excluding tert-OH is 2. The second-order valence-electron chi connectivity index (χ2n) is 10.6. The van der Waals surface area contributed by atoms with Crippen LogP contribution in [-0.2, 0) is 28.6 Å². The van der Waals surface area contributed by atoms with Crippen molar-refractivity contribution >= 4 is 16.7 Å². The van der Waals surface area contributed by atoms with Crippen molar-refractivity contribution in [1.29, 1.82) is 0 Å². The molecule has 0 radical (unpaired) electrons. The topological polar surface area (TPSA) is 80.9 Å². The number of aromatic nitrogens is 1. The van der Waals surface area contributed by atoms with Gasteiger partial charge < -0.3 is 24.3 Å². The van der Waals surface area contributed by atoms with E-state index in [4.69, 9.17) is 0 Å². The van der Waals surface area contributed by atoms with Crippen LogP contribution >= 0.6 is 0 Å². The zero-order valence-electron chi connectivity index (χ0n) is 20.0. The quantitative estimate of drug-likeness (QED) is 0.517. The van der Waals surface area contributed by atoms with Gasteiger partial charge in [-0.15, -0.1) is 8.78 Å². The van der Waals surface area contributed by atoms with E-state index in [1.54, 1.807) is 6.07 Å². The van der Waals surface area contributed by atoms with Gasteiger partial charge in [0, 0.05) is 28.4 Å². The summed E-state index contributed by atoms with van der Waals surface area (Å²) in [5, 5.41) is 20.4. The van der Waals surface area contributed by atoms with Crippen molar-refractivity contribution in [3.8, 4) is 11.5 Å². The lowest BCUT2D eigenvalue weighted by atomic mass is 9.87. The van der Waals surface area contributed by atoms with Gasteiger partial charge >= 0.3 is 6.29 Å². The predicted molar refractivity (Wildman–Crippen MR) is 126 cm³/mol. The molecule has 1 atom stereocenters. The number of fused-ring (bicyclic) bond motifs is 2. The minimum atomic E-state index is -3.69. The largest absolute Gasteiger partial charge is 0.586 e. The number of nitrogens with zero attached hydrogens (tertiary/aromatic N) is 1. The highest BCUT2D eigenvalue weighted by Crippen LogP contribution is 2.52. The molecule has 1 aliphatic heterocycles. The summed E-state index contributed by atoms with van der Waals surface area (Å²) >= 11 is 0. The van der Waals surface area contributed by atoms with Gasteiger partial charge in [0.05, 0.1) is 24.7 Å². The molecule has 1 aliphatic carbocycles. The monoisotopic (exact) mass is 485 g/mol. The lowest BCUT2D eigenvalue weighted by Crippen LogP contribution is -2.26. The first kappa shape index (κ1) is 23.8. The lowest BCUT2D eigenvalue weighted by Gasteiger charge is -2.23. The molecule has 0 saturated heterocycles. The Morgan fingerprint density at radius 3 is 2.46 bits per heavy atom. The second-order valence-corrected chi connectivity index (χ2v) is 10.6. The smallest absolute Gasteiger partial charge is 0.395 e. The standard InChI is InChI=1S/C27H29F2NO5/c1-25(2,3)23-12-17-10-16(4-6-20(17)30(23)14-19(32)15-31)11-24(33)26(8-9-26)18-5-7-21-22(13-18)35-27(28,29)34-21/h4-7,10,12-13,19,31-32H,8-9,11,14-15H2,1-3H3. The third-order valence-electron chi connectivity index (χ3n) is 6.94. The van der Waals surface area contributed by atoms with Crippen molar-refractivity contribution in [1.82, 2.24) is 4.57 Å². The minimum Gasteiger partial charge on any atom is -0.395 e. The van der Waals surface area contributed by atoms with E-state index in [1.807, 2.05) is 22.8 Å². The van der Waals surface area contributed by atoms with Crippen LogP contribution in [0.15, 0.2) is 42.5 Å². The number of hydrogen-bond acceptors (Lipinski definition) is 5. The van der Waals surface area contributed by atoms with Gasteiger partial charge in [0.15, 0.2) is 11.5 Å². The number of ketones is 1. The van der Waals surface area contributed by atoms with Crippen LogP contribution in [0.1, 0.15) is 50.4 Å². The number of rotatable bonds is 7. The number of benzene rings is 2. The average Bonchev–Trinajstić information content (AvgIpc) is 3.42. The first-order valence-electron chi connectivity index (χ1n) is 11.8. The van der Waals surface area contributed by atoms with Crippen LogP contribution in [-0.4, -0.2) is 39.6 Å². The molecular formula is C27H29F2NO5. The average molecular weight is 486 g/mol. The van der Waals surface area contributed by atoms with Gasteiger partial charge in [-0.1, -0.05) is 32.9 Å². The molecule has 0 amide bonds. The Bertz CT molecular complexity index is 1300. The zero-order chi connectivity index (χ0) is 25.2. The highest BCUT2D eigenvalue weighted by Gasteiger charge is 2.52. The molecule has 1 aromatic heterocycles. The number of carbonyl (C=O) groups is 1. The molecule has 2 aromatic carbocycles. The third kappa shape index (κ3) is 4.29. The maximum absolute atomic E-state index is 13.4. The number of halogens is 2. The van der Waals surface area contributed by atoms with Gasteiger partial charge in [-0.05, 0) is 54.3 Å². The lowest BCUT2D eigenvalue weighted by molar-refractivity contribution is -0.286. The van der Waals surface area contributed by atoms with Crippen molar-refractivity contribution in [2.75, 3.05) is 6.61 Å². The molecule has 1 fully saturated rings. The molecule has 5 rings (SSSR count). The maximum Gasteiger partial charge on any atom is 0.586 e. The molecule has 0 spiro atoms. The molecule has 3 aromatic rings. The molecule has 35 heavy (non-hydrogen) atoms. The van der Waals surface area contributed by atoms with E-state index in [0.29, 0.717) is 18.4 Å². The van der Waals surface area contributed by atoms with Gasteiger partial charge in [-0.25, -0.2) is 0 Å². The second kappa shape index (κ2) is 8.03. The number of aliphatic hydroxyl groups is 2. The third-order valence-corrected chi connectivity index (χ3v) is 6.94. The van der Waals surface area contributed by atoms with Crippen molar-refractivity contribution in [3.63, 3.8) is 0 Å². The molecule has 8 heteroatoms. The van der Waals surface area contributed by atoms with Gasteiger partial charge in [0.25, 0.3) is 0 Å². The van der Waals surface area contributed by atoms with Crippen molar-refractivity contribution in [2.45, 2.75) is 69.8 Å². The van der Waals surface area contributed by atoms with Crippen LogP contribution in [0.25, 0.3) is 10.9 Å². The van der Waals surface area contributed by atoms with Crippen molar-refractivity contribution in [2.24, 2.45) is 0 Å². The van der Waals surface area contributed by atoms with Crippen molar-refractivity contribution in [3.05, 3.63) is 59.3 Å². The highest BCUT2D eigenvalue weighted by atomic mass is 19.3. The molecular weight excluding hydrogens is 456 g/mol. The van der Waals surface area contributed by atoms with Gasteiger partial charge in [-0.3, -0.25) is 4.79 Å². The summed E-state index contributed by atoms with van der Waals surface area (Å²) in [5.74, 6) is -0.0410. The number of ether oxygens (including phenoxy) is 2. The summed E-state index contributed by atoms with van der Waals surface area (Å²) in [4.78, 5) is 13.4. The maximum atomic E-state index is 13.4. The van der Waals surface area contributed by atoms with E-state index >= 15 is 0 Å². The Labute approximate surface area is 202 Å². The summed E-state index contributed by atoms with van der Waals surface area (Å²) in [7, 11) is 0. The van der Waals surface area contributed by atoms with Gasteiger partial charge in [0.1, 0.15) is 5.78 Å². The molecule has 2 aliphatic rings. The number of hydrogen-bond donors (Lipinski definition) is 2. The Morgan fingerprint density at radius 1 is 1.09 bits per heavy atom. The van der Waals surface area contributed by atoms with Crippen LogP contribution in [0.4, 0.5) is 8.78 Å². The van der Waals surface area contributed by atoms with E-state index in [1.165, 1.54) is 12.1 Å². The van der Waals surface area contributed by atoms with E-state index in [9.17, 15) is 23.8 Å². The molecule has 1 saturated carbocycles. The first-order valence-corrected chi connectivity index (χ1v) is 11.8. The Kier molecular flexibility index (Phi) is 5.45. The van der Waals surface area contributed by atoms with E-state index in [-0.39, 0.29) is 42.3 Å². The first-order chi connectivity index (χ1) is 16.4. The van der Waals surface area contributed by atoms with Crippen LogP contribution in [0.5, 0.6) is 11.5 Å². The Hall–Kier alpha value is -2.97. The minimum absolute atomic E-state index is 0.0297. The predicted octanol–water partition coefficient (Wildman–Crippen LogP) is 4.46. The summed E-state index contributed by atoms with van der Waals surface area (Å²) in [6.07, 6.45) is -3.02. The molecule has 6 nitrogen and oxygen atoms in total. The fourth-order valence-electron chi connectivity index (χ4n) is 4.97. The van der Waals surface area contributed by atoms with E-state index in [0.717, 1.165) is 22.2 Å². The normalized spacial score (nSPS) is 18.6. The Morgan fingerprint density at radius 2 is 1.80 bits per heavy atom. The SMILES string of the molecule is CC(C)(C)c1cc2cc(CC(=O)C3(c4ccc5c(c4)OC(F)(F)O5)CC3)ccc2n1CC(O)CO. The molecule has 0 bridgehead atoms. The summed E-state index contributed by atoms with van der Waals surface area (Å²) in [6.45, 7) is 6.22. The molecule has 2 N–H and O–H groups in total. The summed E-state index contributed by atoms with van der Waals surface area (Å²) in [5.41, 5.74) is 2.61. The van der Waals surface area contributed by atoms with Crippen LogP contribution in [0, 0.1) is 0 Å². The zero-order valence-corrected chi connectivity index (χ0v) is 20.0. The van der Waals surface area contributed by atoms with Crippen LogP contribution in [0.3, 0.4) is 0 Å². The Balaban J connectivity index is 1.42. The number of Topliss-reactive ketones (excluding diaryl/α,β-unsaturated/α-hetero) is 1. The van der Waals surface area contributed by atoms with Gasteiger partial charge in [-0.2, -0.15) is 0 Å². The van der Waals surface area contributed by atoms with Gasteiger partial charge in [0.2, 0.25) is 0 Å².